The Morgan fingerprint density at radius 3 is 1.25 bits per heavy atom. The van der Waals surface area contributed by atoms with Crippen molar-refractivity contribution in [2.24, 2.45) is 0 Å². The zero-order chi connectivity index (χ0) is 15.5. The van der Waals surface area contributed by atoms with E-state index in [-0.39, 0.29) is 0 Å². The number of nitrogens with zero attached hydrogens (tertiary/aromatic N) is 1. The van der Waals surface area contributed by atoms with Crippen LogP contribution in [0.15, 0.2) is 0 Å². The summed E-state index contributed by atoms with van der Waals surface area (Å²) in [5.41, 5.74) is 0. The normalized spacial score (nSPS) is 11.1. The van der Waals surface area contributed by atoms with Gasteiger partial charge in [0.15, 0.2) is 0 Å². The van der Waals surface area contributed by atoms with Gasteiger partial charge in [0.2, 0.25) is 0 Å². The van der Waals surface area contributed by atoms with E-state index in [0.717, 1.165) is 0 Å². The monoisotopic (exact) mass is 323 g/mol. The molecule has 0 radical (unpaired) electrons. The Morgan fingerprint density at radius 2 is 0.950 bits per heavy atom. The van der Waals surface area contributed by atoms with Gasteiger partial charge in [0, 0.05) is 0 Å². The lowest BCUT2D eigenvalue weighted by Crippen LogP contribution is -1.99. The van der Waals surface area contributed by atoms with E-state index >= 15 is 0 Å². The van der Waals surface area contributed by atoms with E-state index in [2.05, 4.69) is 6.92 Å². The Hall–Kier alpha value is 0.680. The molecule has 1 nitrogen and oxygen atoms in total. The predicted octanol–water partition coefficient (Wildman–Crippen LogP) is 6.70. The highest BCUT2D eigenvalue weighted by molar-refractivity contribution is 7.68. The smallest absolute Gasteiger partial charge is 0.0140 e. The number of hydrogen-bond acceptors (Lipinski definition) is 1. The second-order valence-corrected chi connectivity index (χ2v) is 7.68. The summed E-state index contributed by atoms with van der Waals surface area (Å²) in [7, 11) is 6.64. The molecular formula is C17H39ClNP. The summed E-state index contributed by atoms with van der Waals surface area (Å²) in [6.45, 7) is 2.28. The highest BCUT2D eigenvalue weighted by atomic mass is 35.7. The van der Waals surface area contributed by atoms with Gasteiger partial charge >= 0.3 is 0 Å². The molecule has 0 saturated carbocycles. The molecule has 0 bridgehead atoms. The van der Waals surface area contributed by atoms with Crippen LogP contribution in [0.5, 0.6) is 0 Å². The van der Waals surface area contributed by atoms with Crippen LogP contribution in [0.2, 0.25) is 0 Å². The summed E-state index contributed by atoms with van der Waals surface area (Å²) in [6, 6.07) is 0. The van der Waals surface area contributed by atoms with E-state index in [1.54, 1.807) is 0 Å². The molecule has 20 heavy (non-hydrogen) atoms. The molecule has 0 aromatic rings. The maximum Gasteiger partial charge on any atom is -0.0140 e. The molecule has 0 aromatic heterocycles. The molecule has 0 aliphatic heterocycles. The molecule has 0 aliphatic carbocycles. The zero-order valence-corrected chi connectivity index (χ0v) is 16.3. The van der Waals surface area contributed by atoms with Crippen LogP contribution in [0.1, 0.15) is 84.0 Å². The Bertz CT molecular complexity index is 137. The van der Waals surface area contributed by atoms with Crippen molar-refractivity contribution in [3.8, 4) is 0 Å². The molecule has 0 fully saturated rings. The minimum atomic E-state index is 0.642. The van der Waals surface area contributed by atoms with Crippen LogP contribution in [0.3, 0.4) is 0 Å². The van der Waals surface area contributed by atoms with Gasteiger partial charge in [0.1, 0.15) is 0 Å². The van der Waals surface area contributed by atoms with Crippen LogP contribution in [-0.4, -0.2) is 32.2 Å². The van der Waals surface area contributed by atoms with E-state index in [1.807, 2.05) is 26.0 Å². The van der Waals surface area contributed by atoms with Crippen LogP contribution in [0.4, 0.5) is 0 Å². The number of halogens is 1. The van der Waals surface area contributed by atoms with Crippen molar-refractivity contribution >= 4 is 19.2 Å². The van der Waals surface area contributed by atoms with Crippen LogP contribution in [-0.2, 0) is 0 Å². The Morgan fingerprint density at radius 1 is 0.650 bits per heavy atom. The maximum absolute atomic E-state index is 5.66. The first-order valence-electron chi connectivity index (χ1n) is 8.59. The summed E-state index contributed by atoms with van der Waals surface area (Å²) in [4.78, 5) is 2.00. The lowest BCUT2D eigenvalue weighted by Gasteiger charge is -2.02. The van der Waals surface area contributed by atoms with Crippen molar-refractivity contribution in [3.05, 3.63) is 0 Å². The predicted molar refractivity (Wildman–Crippen MR) is 99.7 cm³/mol. The molecule has 0 N–H and O–H groups in total. The van der Waals surface area contributed by atoms with E-state index in [0.29, 0.717) is 7.93 Å². The van der Waals surface area contributed by atoms with Crippen molar-refractivity contribution < 1.29 is 0 Å². The van der Waals surface area contributed by atoms with Crippen molar-refractivity contribution in [1.29, 1.82) is 0 Å². The molecular weight excluding hydrogens is 285 g/mol. The molecule has 0 amide bonds. The quantitative estimate of drug-likeness (QED) is 0.269. The molecule has 0 saturated heterocycles. The van der Waals surface area contributed by atoms with E-state index < -0.39 is 0 Å². The number of hydrogen-bond donors (Lipinski definition) is 0. The fourth-order valence-electron chi connectivity index (χ4n) is 2.03. The first kappa shape index (κ1) is 23.0. The van der Waals surface area contributed by atoms with Gasteiger partial charge < -0.3 is 4.90 Å². The van der Waals surface area contributed by atoms with Gasteiger partial charge in [0.05, 0.1) is 0 Å². The van der Waals surface area contributed by atoms with Crippen LogP contribution < -0.4 is 0 Å². The van der Waals surface area contributed by atoms with E-state index in [9.17, 15) is 0 Å². The average molecular weight is 324 g/mol. The van der Waals surface area contributed by atoms with Gasteiger partial charge in [-0.1, -0.05) is 77.6 Å². The second-order valence-electron chi connectivity index (χ2n) is 6.11. The highest BCUT2D eigenvalue weighted by Crippen LogP contribution is 2.18. The van der Waals surface area contributed by atoms with Crippen LogP contribution in [0, 0.1) is 0 Å². The average Bonchev–Trinajstić information content (AvgIpc) is 2.39. The van der Waals surface area contributed by atoms with Crippen LogP contribution >= 0.6 is 19.2 Å². The van der Waals surface area contributed by atoms with Crippen molar-refractivity contribution in [2.45, 2.75) is 84.0 Å². The lowest BCUT2D eigenvalue weighted by molar-refractivity contribution is 0.505. The number of rotatable bonds is 13. The topological polar surface area (TPSA) is 3.24 Å². The first-order valence-corrected chi connectivity index (χ1v) is 10.8. The Balaban J connectivity index is 0. The summed E-state index contributed by atoms with van der Waals surface area (Å²) in [6.07, 6.45) is 18.4. The van der Waals surface area contributed by atoms with Gasteiger partial charge in [-0.05, 0) is 41.7 Å². The molecule has 0 aromatic carbocycles. The Kier molecular flexibility index (Phi) is 25.2. The molecule has 0 spiro atoms. The third-order valence-electron chi connectivity index (χ3n) is 3.12. The minimum absolute atomic E-state index is 0.642. The van der Waals surface area contributed by atoms with Crippen molar-refractivity contribution in [1.82, 2.24) is 4.90 Å². The highest BCUT2D eigenvalue weighted by Gasteiger charge is 1.93. The van der Waals surface area contributed by atoms with Gasteiger partial charge in [0.25, 0.3) is 0 Å². The van der Waals surface area contributed by atoms with Crippen LogP contribution in [0.25, 0.3) is 0 Å². The molecule has 124 valence electrons. The third-order valence-corrected chi connectivity index (χ3v) is 4.23. The third kappa shape index (κ3) is 31.2. The van der Waals surface area contributed by atoms with Crippen molar-refractivity contribution in [2.75, 3.05) is 27.3 Å². The molecule has 0 aliphatic rings. The lowest BCUT2D eigenvalue weighted by atomic mass is 10.1. The Labute approximate surface area is 135 Å². The summed E-state index contributed by atoms with van der Waals surface area (Å²) in [5.74, 6) is 0. The molecule has 0 rings (SSSR count). The maximum atomic E-state index is 5.66. The zero-order valence-electron chi connectivity index (χ0n) is 14.5. The van der Waals surface area contributed by atoms with Gasteiger partial charge in [-0.2, -0.15) is 0 Å². The molecule has 1 unspecified atom stereocenters. The van der Waals surface area contributed by atoms with Gasteiger partial charge in [-0.3, -0.25) is 0 Å². The summed E-state index contributed by atoms with van der Waals surface area (Å²) < 4.78 is 0. The largest absolute Gasteiger partial charge is 0.312 e. The van der Waals surface area contributed by atoms with Gasteiger partial charge in [-0.25, -0.2) is 0 Å². The van der Waals surface area contributed by atoms with Crippen molar-refractivity contribution in [3.63, 3.8) is 0 Å². The fraction of sp³-hybridized carbons (Fsp3) is 1.00. The van der Waals surface area contributed by atoms with E-state index in [4.69, 9.17) is 11.2 Å². The van der Waals surface area contributed by atoms with Gasteiger partial charge in [-0.15, -0.1) is 11.2 Å². The minimum Gasteiger partial charge on any atom is -0.312 e. The summed E-state index contributed by atoms with van der Waals surface area (Å²) in [5, 5.41) is 0. The molecule has 1 atom stereocenters. The van der Waals surface area contributed by atoms with E-state index in [1.165, 1.54) is 83.2 Å². The molecule has 3 heteroatoms. The second kappa shape index (κ2) is 22.0. The molecule has 0 heterocycles. The number of unbranched alkanes of at least 4 members (excludes halogenated alkanes) is 11. The summed E-state index contributed by atoms with van der Waals surface area (Å²) >= 11 is 5.66. The standard InChI is InChI=1S/C14H30ClP.C3H9N/c1-2-3-4-5-6-7-8-9-10-11-12-13-14-16-15;1-4(2)3/h16H,2-14H2,1H3;1-3H3. The first-order chi connectivity index (χ1) is 9.65. The fourth-order valence-corrected chi connectivity index (χ4v) is 2.82. The SMILES string of the molecule is CCCCCCCCCCCCCCPCl.CN(C)C.